The van der Waals surface area contributed by atoms with Crippen LogP contribution in [0.3, 0.4) is 0 Å². The summed E-state index contributed by atoms with van der Waals surface area (Å²) in [4.78, 5) is 3.22. The monoisotopic (exact) mass is 176 g/mol. The van der Waals surface area contributed by atoms with E-state index in [2.05, 4.69) is 41.6 Å². The number of hydrogen-bond donors (Lipinski definition) is 0. The molecule has 0 aliphatic heterocycles. The number of thioether (sulfide) groups is 1. The Morgan fingerprint density at radius 3 is 2.83 bits per heavy atom. The van der Waals surface area contributed by atoms with Gasteiger partial charge in [0.05, 0.1) is 5.39 Å². The predicted molar refractivity (Wildman–Crippen MR) is 52.3 cm³/mol. The molecular weight excluding hydrogens is 166 g/mol. The molecule has 0 atom stereocenters. The largest absolute Gasteiger partial charge is 0.245 e. The molecule has 0 aliphatic carbocycles. The van der Waals surface area contributed by atoms with Crippen molar-refractivity contribution in [2.24, 2.45) is 0 Å². The summed E-state index contributed by atoms with van der Waals surface area (Å²) in [6.45, 7) is 0. The van der Waals surface area contributed by atoms with E-state index in [9.17, 15) is 0 Å². The molecule has 1 aromatic heterocycles. The molecule has 1 heterocycles. The second-order valence-electron chi connectivity index (χ2n) is 2.60. The molecule has 2 rings (SSSR count). The summed E-state index contributed by atoms with van der Waals surface area (Å²) in [5.74, 6) is 0. The molecule has 0 saturated heterocycles. The topological polar surface area (TPSA) is 14.1 Å². The molecule has 1 N–H and O–H groups in total. The Labute approximate surface area is 75.8 Å². The van der Waals surface area contributed by atoms with E-state index in [-0.39, 0.29) is 0 Å². The van der Waals surface area contributed by atoms with Gasteiger partial charge in [-0.05, 0) is 17.7 Å². The third kappa shape index (κ3) is 1.18. The van der Waals surface area contributed by atoms with Crippen molar-refractivity contribution in [3.8, 4) is 0 Å². The van der Waals surface area contributed by atoms with Gasteiger partial charge < -0.3 is 0 Å². The second-order valence-corrected chi connectivity index (χ2v) is 3.41. The minimum absolute atomic E-state index is 1.23. The van der Waals surface area contributed by atoms with Crippen molar-refractivity contribution in [2.75, 3.05) is 6.26 Å². The number of H-pyrrole nitrogens is 1. The lowest BCUT2D eigenvalue weighted by Crippen LogP contribution is -2.04. The molecule has 0 fully saturated rings. The highest BCUT2D eigenvalue weighted by Crippen LogP contribution is 2.20. The van der Waals surface area contributed by atoms with E-state index in [0.717, 1.165) is 0 Å². The van der Waals surface area contributed by atoms with Crippen LogP contribution in [0.25, 0.3) is 10.8 Å². The van der Waals surface area contributed by atoms with Crippen molar-refractivity contribution < 1.29 is 4.98 Å². The van der Waals surface area contributed by atoms with Gasteiger partial charge in [0.1, 0.15) is 0 Å². The third-order valence-corrected chi connectivity index (χ3v) is 2.63. The van der Waals surface area contributed by atoms with Crippen molar-refractivity contribution >= 4 is 22.5 Å². The zero-order valence-electron chi connectivity index (χ0n) is 6.87. The number of nitrogens with one attached hydrogen (secondary N) is 1. The Balaban J connectivity index is 2.79. The van der Waals surface area contributed by atoms with Crippen molar-refractivity contribution in [1.29, 1.82) is 0 Å². The highest BCUT2D eigenvalue weighted by atomic mass is 32.2. The number of pyridine rings is 1. The quantitative estimate of drug-likeness (QED) is 0.608. The van der Waals surface area contributed by atoms with Crippen LogP contribution >= 0.6 is 11.8 Å². The standard InChI is InChI=1S/C10H9NS/c1-12-10-9-5-3-2-4-8(9)6-7-11-10/h2-7H,1H3/p+1. The van der Waals surface area contributed by atoms with Gasteiger partial charge in [-0.25, -0.2) is 4.98 Å². The van der Waals surface area contributed by atoms with Crippen LogP contribution in [0.1, 0.15) is 0 Å². The highest BCUT2D eigenvalue weighted by Gasteiger charge is 2.03. The summed E-state index contributed by atoms with van der Waals surface area (Å²) in [5, 5.41) is 3.82. The Morgan fingerprint density at radius 2 is 2.00 bits per heavy atom. The van der Waals surface area contributed by atoms with E-state index >= 15 is 0 Å². The van der Waals surface area contributed by atoms with Crippen molar-refractivity contribution in [3.05, 3.63) is 36.5 Å². The number of benzene rings is 1. The van der Waals surface area contributed by atoms with Crippen LogP contribution < -0.4 is 4.98 Å². The summed E-state index contributed by atoms with van der Waals surface area (Å²) in [6, 6.07) is 10.5. The zero-order valence-corrected chi connectivity index (χ0v) is 7.69. The SMILES string of the molecule is CSc1[nH+]ccc2ccccc12. The van der Waals surface area contributed by atoms with Crippen molar-refractivity contribution in [3.63, 3.8) is 0 Å². The van der Waals surface area contributed by atoms with Crippen LogP contribution in [0.15, 0.2) is 41.6 Å². The zero-order chi connectivity index (χ0) is 8.39. The van der Waals surface area contributed by atoms with E-state index in [1.165, 1.54) is 15.8 Å². The lowest BCUT2D eigenvalue weighted by atomic mass is 10.2. The van der Waals surface area contributed by atoms with Gasteiger partial charge in [-0.15, -0.1) is 0 Å². The number of aromatic nitrogens is 1. The maximum atomic E-state index is 3.22. The average Bonchev–Trinajstić information content (AvgIpc) is 2.17. The van der Waals surface area contributed by atoms with E-state index in [1.807, 2.05) is 6.20 Å². The van der Waals surface area contributed by atoms with Gasteiger partial charge in [0.25, 0.3) is 0 Å². The minimum atomic E-state index is 1.23. The number of aromatic amines is 1. The number of hydrogen-bond acceptors (Lipinski definition) is 1. The fourth-order valence-electron chi connectivity index (χ4n) is 1.30. The maximum absolute atomic E-state index is 3.22. The lowest BCUT2D eigenvalue weighted by molar-refractivity contribution is -0.423. The molecule has 0 radical (unpaired) electrons. The van der Waals surface area contributed by atoms with Crippen LogP contribution in [-0.4, -0.2) is 6.26 Å². The van der Waals surface area contributed by atoms with Gasteiger partial charge in [-0.3, -0.25) is 0 Å². The molecule has 0 unspecified atom stereocenters. The highest BCUT2D eigenvalue weighted by molar-refractivity contribution is 7.98. The van der Waals surface area contributed by atoms with Gasteiger partial charge in [-0.1, -0.05) is 30.0 Å². The molecular formula is C10H10NS+. The summed E-state index contributed by atoms with van der Waals surface area (Å²) in [7, 11) is 0. The molecule has 2 aromatic rings. The maximum Gasteiger partial charge on any atom is 0.245 e. The normalized spacial score (nSPS) is 10.4. The molecule has 0 bridgehead atoms. The number of fused-ring (bicyclic) bond motifs is 1. The van der Waals surface area contributed by atoms with Crippen molar-refractivity contribution in [2.45, 2.75) is 5.03 Å². The molecule has 0 amide bonds. The van der Waals surface area contributed by atoms with Gasteiger partial charge >= 0.3 is 0 Å². The van der Waals surface area contributed by atoms with Gasteiger partial charge in [0, 0.05) is 6.07 Å². The molecule has 2 heteroatoms. The summed E-state index contributed by atoms with van der Waals surface area (Å²) in [6.07, 6.45) is 4.06. The Kier molecular flexibility index (Phi) is 2.00. The first-order chi connectivity index (χ1) is 5.92. The van der Waals surface area contributed by atoms with E-state index < -0.39 is 0 Å². The van der Waals surface area contributed by atoms with Crippen LogP contribution in [0.2, 0.25) is 0 Å². The summed E-state index contributed by atoms with van der Waals surface area (Å²) < 4.78 is 0. The molecule has 0 saturated carbocycles. The van der Waals surface area contributed by atoms with Crippen molar-refractivity contribution in [1.82, 2.24) is 0 Å². The first kappa shape index (κ1) is 7.62. The predicted octanol–water partition coefficient (Wildman–Crippen LogP) is 2.38. The van der Waals surface area contributed by atoms with E-state index in [1.54, 1.807) is 11.8 Å². The molecule has 0 aliphatic rings. The smallest absolute Gasteiger partial charge is 0.205 e. The molecule has 1 aromatic carbocycles. The fourth-order valence-corrected chi connectivity index (χ4v) is 1.89. The first-order valence-corrected chi connectivity index (χ1v) is 5.08. The molecule has 60 valence electrons. The van der Waals surface area contributed by atoms with Crippen LogP contribution in [0.5, 0.6) is 0 Å². The van der Waals surface area contributed by atoms with Crippen LogP contribution in [0.4, 0.5) is 0 Å². The third-order valence-electron chi connectivity index (χ3n) is 1.89. The first-order valence-electron chi connectivity index (χ1n) is 3.85. The Hall–Kier alpha value is -1.02. The van der Waals surface area contributed by atoms with Gasteiger partial charge in [-0.2, -0.15) is 0 Å². The van der Waals surface area contributed by atoms with E-state index in [0.29, 0.717) is 0 Å². The van der Waals surface area contributed by atoms with Crippen LogP contribution in [-0.2, 0) is 0 Å². The van der Waals surface area contributed by atoms with Crippen LogP contribution in [0, 0.1) is 0 Å². The van der Waals surface area contributed by atoms with E-state index in [4.69, 9.17) is 0 Å². The summed E-state index contributed by atoms with van der Waals surface area (Å²) in [5.41, 5.74) is 0. The average molecular weight is 176 g/mol. The Bertz CT molecular complexity index is 392. The molecule has 0 spiro atoms. The molecule has 1 nitrogen and oxygen atoms in total. The molecule has 12 heavy (non-hydrogen) atoms. The lowest BCUT2D eigenvalue weighted by Gasteiger charge is -1.95. The number of rotatable bonds is 1. The van der Waals surface area contributed by atoms with Gasteiger partial charge in [0.2, 0.25) is 5.03 Å². The fraction of sp³-hybridized carbons (Fsp3) is 0.100. The minimum Gasteiger partial charge on any atom is -0.205 e. The second kappa shape index (κ2) is 3.15. The summed E-state index contributed by atoms with van der Waals surface area (Å²) >= 11 is 1.74. The Morgan fingerprint density at radius 1 is 1.17 bits per heavy atom. The van der Waals surface area contributed by atoms with Gasteiger partial charge in [0.15, 0.2) is 6.20 Å².